The molecule has 5 heteroatoms. The molecule has 0 aliphatic rings. The minimum atomic E-state index is -0.778. The Morgan fingerprint density at radius 2 is 2.31 bits per heavy atom. The van der Waals surface area contributed by atoms with Gasteiger partial charge in [-0.25, -0.2) is 9.50 Å². The maximum atomic E-state index is 10.4. The molecule has 0 aromatic carbocycles. The number of carboxylic acids is 1. The molecule has 2 aromatic heterocycles. The molecule has 0 radical (unpaired) electrons. The number of hydrogen-bond donors (Lipinski definition) is 1. The second kappa shape index (κ2) is 4.30. The summed E-state index contributed by atoms with van der Waals surface area (Å²) in [5.41, 5.74) is 1.83. The second-order valence-electron chi connectivity index (χ2n) is 3.71. The van der Waals surface area contributed by atoms with Crippen molar-refractivity contribution in [2.24, 2.45) is 0 Å². The molecule has 0 amide bonds. The summed E-state index contributed by atoms with van der Waals surface area (Å²) in [6, 6.07) is 5.78. The van der Waals surface area contributed by atoms with E-state index in [1.807, 2.05) is 25.1 Å². The van der Waals surface area contributed by atoms with Crippen LogP contribution in [0.15, 0.2) is 18.2 Å². The first-order valence-corrected chi connectivity index (χ1v) is 5.20. The van der Waals surface area contributed by atoms with Crippen molar-refractivity contribution in [2.45, 2.75) is 26.2 Å². The zero-order valence-electron chi connectivity index (χ0n) is 9.05. The van der Waals surface area contributed by atoms with E-state index in [-0.39, 0.29) is 6.42 Å². The van der Waals surface area contributed by atoms with Crippen molar-refractivity contribution in [3.63, 3.8) is 0 Å². The van der Waals surface area contributed by atoms with Crippen LogP contribution in [0, 0.1) is 6.92 Å². The predicted octanol–water partition coefficient (Wildman–Crippen LogP) is 1.45. The average molecular weight is 219 g/mol. The normalized spacial score (nSPS) is 10.8. The minimum absolute atomic E-state index is 0.161. The molecule has 0 atom stereocenters. The Kier molecular flexibility index (Phi) is 2.85. The predicted molar refractivity (Wildman–Crippen MR) is 58.3 cm³/mol. The second-order valence-corrected chi connectivity index (χ2v) is 3.71. The highest BCUT2D eigenvalue weighted by molar-refractivity contribution is 5.66. The van der Waals surface area contributed by atoms with Crippen molar-refractivity contribution in [1.29, 1.82) is 0 Å². The van der Waals surface area contributed by atoms with Gasteiger partial charge < -0.3 is 5.11 Å². The molecule has 0 unspecified atom stereocenters. The number of rotatable bonds is 4. The topological polar surface area (TPSA) is 67.5 Å². The summed E-state index contributed by atoms with van der Waals surface area (Å²) in [5.74, 6) is -0.0736. The third-order valence-corrected chi connectivity index (χ3v) is 2.38. The van der Waals surface area contributed by atoms with Gasteiger partial charge in [0.25, 0.3) is 0 Å². The number of pyridine rings is 1. The van der Waals surface area contributed by atoms with Crippen LogP contribution in [0.3, 0.4) is 0 Å². The summed E-state index contributed by atoms with van der Waals surface area (Å²) in [6.45, 7) is 1.96. The molecule has 0 fully saturated rings. The fourth-order valence-corrected chi connectivity index (χ4v) is 1.58. The van der Waals surface area contributed by atoms with Crippen molar-refractivity contribution >= 4 is 11.6 Å². The quantitative estimate of drug-likeness (QED) is 0.845. The average Bonchev–Trinajstić information content (AvgIpc) is 2.61. The summed E-state index contributed by atoms with van der Waals surface area (Å²) < 4.78 is 1.77. The van der Waals surface area contributed by atoms with Crippen LogP contribution in [-0.2, 0) is 11.2 Å². The fraction of sp³-hybridized carbons (Fsp3) is 0.364. The Morgan fingerprint density at radius 1 is 1.50 bits per heavy atom. The Hall–Kier alpha value is -1.91. The van der Waals surface area contributed by atoms with Crippen molar-refractivity contribution in [2.75, 3.05) is 0 Å². The van der Waals surface area contributed by atoms with Gasteiger partial charge in [0.2, 0.25) is 0 Å². The highest BCUT2D eigenvalue weighted by Gasteiger charge is 2.05. The van der Waals surface area contributed by atoms with Gasteiger partial charge in [0.1, 0.15) is 0 Å². The molecule has 2 heterocycles. The lowest BCUT2D eigenvalue weighted by molar-refractivity contribution is -0.137. The molecule has 0 spiro atoms. The number of aromatic nitrogens is 3. The van der Waals surface area contributed by atoms with Gasteiger partial charge in [0.15, 0.2) is 11.5 Å². The summed E-state index contributed by atoms with van der Waals surface area (Å²) in [6.07, 6.45) is 1.34. The molecule has 2 aromatic rings. The van der Waals surface area contributed by atoms with Crippen molar-refractivity contribution in [3.8, 4) is 0 Å². The lowest BCUT2D eigenvalue weighted by Crippen LogP contribution is -1.97. The molecule has 84 valence electrons. The van der Waals surface area contributed by atoms with Crippen LogP contribution in [0.2, 0.25) is 0 Å². The Labute approximate surface area is 92.7 Å². The molecule has 16 heavy (non-hydrogen) atoms. The van der Waals surface area contributed by atoms with Crippen LogP contribution in [0.1, 0.15) is 24.4 Å². The lowest BCUT2D eigenvalue weighted by Gasteiger charge is -1.94. The summed E-state index contributed by atoms with van der Waals surface area (Å²) in [5, 5.41) is 12.9. The van der Waals surface area contributed by atoms with E-state index in [1.54, 1.807) is 4.52 Å². The number of aryl methyl sites for hydroxylation is 2. The van der Waals surface area contributed by atoms with Crippen LogP contribution >= 0.6 is 0 Å². The highest BCUT2D eigenvalue weighted by atomic mass is 16.4. The Bertz CT molecular complexity index is 519. The summed E-state index contributed by atoms with van der Waals surface area (Å²) >= 11 is 0. The minimum Gasteiger partial charge on any atom is -0.481 e. The Morgan fingerprint density at radius 3 is 3.00 bits per heavy atom. The van der Waals surface area contributed by atoms with E-state index in [2.05, 4.69) is 10.1 Å². The molecule has 1 N–H and O–H groups in total. The lowest BCUT2D eigenvalue weighted by atomic mass is 10.2. The van der Waals surface area contributed by atoms with Crippen molar-refractivity contribution in [1.82, 2.24) is 14.6 Å². The molecule has 0 saturated heterocycles. The number of aliphatic carboxylic acids is 1. The molecule has 5 nitrogen and oxygen atoms in total. The first kappa shape index (κ1) is 10.6. The third kappa shape index (κ3) is 2.18. The number of nitrogens with zero attached hydrogens (tertiary/aromatic N) is 3. The van der Waals surface area contributed by atoms with Crippen LogP contribution in [0.5, 0.6) is 0 Å². The van der Waals surface area contributed by atoms with E-state index in [1.165, 1.54) is 0 Å². The van der Waals surface area contributed by atoms with E-state index in [0.717, 1.165) is 11.3 Å². The molecule has 0 aliphatic carbocycles. The molecule has 0 saturated carbocycles. The third-order valence-electron chi connectivity index (χ3n) is 2.38. The SMILES string of the molecule is Cc1cccc2nc(CCCC(=O)O)nn12. The maximum absolute atomic E-state index is 10.4. The van der Waals surface area contributed by atoms with Gasteiger partial charge in [0.05, 0.1) is 0 Å². The highest BCUT2D eigenvalue weighted by Crippen LogP contribution is 2.07. The standard InChI is InChI=1S/C11H13N3O2/c1-8-4-2-6-10-12-9(13-14(8)10)5-3-7-11(15)16/h2,4,6H,3,5,7H2,1H3,(H,15,16). The van der Waals surface area contributed by atoms with E-state index in [9.17, 15) is 4.79 Å². The first-order chi connectivity index (χ1) is 7.66. The fourth-order valence-electron chi connectivity index (χ4n) is 1.58. The Balaban J connectivity index is 2.14. The van der Waals surface area contributed by atoms with Gasteiger partial charge in [-0.1, -0.05) is 6.07 Å². The molecule has 0 bridgehead atoms. The van der Waals surface area contributed by atoms with Crippen LogP contribution in [0.25, 0.3) is 5.65 Å². The molecule has 0 aliphatic heterocycles. The summed E-state index contributed by atoms with van der Waals surface area (Å²) in [4.78, 5) is 14.7. The smallest absolute Gasteiger partial charge is 0.303 e. The van der Waals surface area contributed by atoms with E-state index in [0.29, 0.717) is 18.7 Å². The van der Waals surface area contributed by atoms with E-state index >= 15 is 0 Å². The molecular formula is C11H13N3O2. The van der Waals surface area contributed by atoms with Gasteiger partial charge in [-0.3, -0.25) is 4.79 Å². The van der Waals surface area contributed by atoms with Crippen LogP contribution in [0.4, 0.5) is 0 Å². The molecule has 2 rings (SSSR count). The summed E-state index contributed by atoms with van der Waals surface area (Å²) in [7, 11) is 0. The van der Waals surface area contributed by atoms with Gasteiger partial charge >= 0.3 is 5.97 Å². The van der Waals surface area contributed by atoms with Gasteiger partial charge in [-0.2, -0.15) is 5.10 Å². The van der Waals surface area contributed by atoms with E-state index in [4.69, 9.17) is 5.11 Å². The zero-order valence-corrected chi connectivity index (χ0v) is 9.05. The maximum Gasteiger partial charge on any atom is 0.303 e. The number of carbonyl (C=O) groups is 1. The van der Waals surface area contributed by atoms with Crippen LogP contribution < -0.4 is 0 Å². The van der Waals surface area contributed by atoms with Crippen molar-refractivity contribution < 1.29 is 9.90 Å². The van der Waals surface area contributed by atoms with E-state index < -0.39 is 5.97 Å². The van der Waals surface area contributed by atoms with Crippen molar-refractivity contribution in [3.05, 3.63) is 29.7 Å². The van der Waals surface area contributed by atoms with Gasteiger partial charge in [-0.15, -0.1) is 0 Å². The van der Waals surface area contributed by atoms with Gasteiger partial charge in [-0.05, 0) is 25.5 Å². The first-order valence-electron chi connectivity index (χ1n) is 5.20. The van der Waals surface area contributed by atoms with Gasteiger partial charge in [0, 0.05) is 18.5 Å². The number of hydrogen-bond acceptors (Lipinski definition) is 3. The number of fused-ring (bicyclic) bond motifs is 1. The zero-order chi connectivity index (χ0) is 11.5. The van der Waals surface area contributed by atoms with Crippen LogP contribution in [-0.4, -0.2) is 25.7 Å². The monoisotopic (exact) mass is 219 g/mol. The number of carboxylic acid groups (broad SMARTS) is 1. The largest absolute Gasteiger partial charge is 0.481 e. The molecular weight excluding hydrogens is 206 g/mol.